The van der Waals surface area contributed by atoms with Crippen molar-refractivity contribution < 1.29 is 31.5 Å². The minimum Gasteiger partial charge on any atom is -0.478 e. The van der Waals surface area contributed by atoms with Crippen molar-refractivity contribution in [3.8, 4) is 0 Å². The van der Waals surface area contributed by atoms with E-state index in [0.29, 0.717) is 6.20 Å². The molecular formula is C9H9F3N2O4S. The van der Waals surface area contributed by atoms with Crippen LogP contribution in [0, 0.1) is 0 Å². The minimum atomic E-state index is -5.01. The van der Waals surface area contributed by atoms with E-state index in [1.165, 1.54) is 0 Å². The third kappa shape index (κ3) is 3.40. The summed E-state index contributed by atoms with van der Waals surface area (Å²) < 4.78 is 60.4. The summed E-state index contributed by atoms with van der Waals surface area (Å²) in [5.41, 5.74) is -2.79. The number of halogens is 3. The third-order valence-electron chi connectivity index (χ3n) is 2.31. The van der Waals surface area contributed by atoms with Gasteiger partial charge in [-0.3, -0.25) is 0 Å². The molecule has 1 atom stereocenters. The van der Waals surface area contributed by atoms with Crippen LogP contribution in [0.25, 0.3) is 0 Å². The van der Waals surface area contributed by atoms with Crippen LogP contribution in [0.3, 0.4) is 0 Å². The minimum absolute atomic E-state index is 0.454. The zero-order valence-electron chi connectivity index (χ0n) is 9.76. The second-order valence-corrected chi connectivity index (χ2v) is 6.13. The number of hydrogen-bond donors (Lipinski definition) is 1. The maximum Gasteiger partial charge on any atom is 0.434 e. The molecule has 0 aromatic carbocycles. The molecule has 0 aliphatic heterocycles. The van der Waals surface area contributed by atoms with E-state index in [0.717, 1.165) is 13.2 Å². The zero-order valence-corrected chi connectivity index (χ0v) is 10.6. The molecule has 0 bridgehead atoms. The van der Waals surface area contributed by atoms with E-state index in [2.05, 4.69) is 9.97 Å². The van der Waals surface area contributed by atoms with Crippen LogP contribution in [-0.2, 0) is 16.0 Å². The van der Waals surface area contributed by atoms with Crippen molar-refractivity contribution in [2.75, 3.05) is 6.26 Å². The Morgan fingerprint density at radius 3 is 2.32 bits per heavy atom. The van der Waals surface area contributed by atoms with Crippen LogP contribution in [0.5, 0.6) is 0 Å². The molecule has 0 amide bonds. The third-order valence-corrected chi connectivity index (χ3v) is 3.81. The Labute approximate surface area is 106 Å². The maximum absolute atomic E-state index is 12.6. The molecule has 19 heavy (non-hydrogen) atoms. The first-order valence-corrected chi connectivity index (χ1v) is 6.76. The van der Waals surface area contributed by atoms with Crippen molar-refractivity contribution in [3.63, 3.8) is 0 Å². The standard InChI is InChI=1S/C9H9F3N2O4S/c1-4(19(2,17)18)7-13-3-5(8(15)16)6(14-7)9(10,11)12/h3-4H,1-2H3,(H,15,16). The lowest BCUT2D eigenvalue weighted by atomic mass is 10.2. The molecule has 0 spiro atoms. The highest BCUT2D eigenvalue weighted by molar-refractivity contribution is 7.90. The molecule has 1 heterocycles. The molecule has 10 heteroatoms. The van der Waals surface area contributed by atoms with E-state index in [9.17, 15) is 26.4 Å². The normalized spacial score (nSPS) is 14.2. The topological polar surface area (TPSA) is 97.2 Å². The van der Waals surface area contributed by atoms with Gasteiger partial charge in [0.05, 0.1) is 0 Å². The number of rotatable bonds is 3. The average Bonchev–Trinajstić information content (AvgIpc) is 2.24. The van der Waals surface area contributed by atoms with Gasteiger partial charge in [-0.15, -0.1) is 0 Å². The van der Waals surface area contributed by atoms with E-state index in [-0.39, 0.29) is 0 Å². The first-order valence-electron chi connectivity index (χ1n) is 4.81. The van der Waals surface area contributed by atoms with Crippen molar-refractivity contribution in [3.05, 3.63) is 23.3 Å². The molecule has 1 N–H and O–H groups in total. The van der Waals surface area contributed by atoms with Gasteiger partial charge in [0.2, 0.25) is 0 Å². The summed E-state index contributed by atoms with van der Waals surface area (Å²) >= 11 is 0. The number of aromatic nitrogens is 2. The highest BCUT2D eigenvalue weighted by atomic mass is 32.2. The summed E-state index contributed by atoms with van der Waals surface area (Å²) in [5.74, 6) is -2.44. The Morgan fingerprint density at radius 2 is 1.95 bits per heavy atom. The molecule has 0 saturated carbocycles. The number of carbonyl (C=O) groups is 1. The number of sulfone groups is 1. The fraction of sp³-hybridized carbons (Fsp3) is 0.444. The molecule has 6 nitrogen and oxygen atoms in total. The quantitative estimate of drug-likeness (QED) is 0.903. The van der Waals surface area contributed by atoms with Gasteiger partial charge in [-0.05, 0) is 6.92 Å². The first-order chi connectivity index (χ1) is 8.44. The van der Waals surface area contributed by atoms with Gasteiger partial charge < -0.3 is 5.11 Å². The Balaban J connectivity index is 3.47. The van der Waals surface area contributed by atoms with Crippen LogP contribution in [-0.4, -0.2) is 35.7 Å². The molecular weight excluding hydrogens is 289 g/mol. The highest BCUT2D eigenvalue weighted by Gasteiger charge is 2.39. The molecule has 0 fully saturated rings. The van der Waals surface area contributed by atoms with Crippen molar-refractivity contribution >= 4 is 15.8 Å². The molecule has 0 aliphatic rings. The molecule has 1 aromatic heterocycles. The summed E-state index contributed by atoms with van der Waals surface area (Å²) in [5, 5.41) is 7.26. The zero-order chi connectivity index (χ0) is 15.0. The highest BCUT2D eigenvalue weighted by Crippen LogP contribution is 2.31. The molecule has 0 radical (unpaired) electrons. The fourth-order valence-corrected chi connectivity index (χ4v) is 1.65. The van der Waals surface area contributed by atoms with E-state index in [1.54, 1.807) is 0 Å². The summed E-state index contributed by atoms with van der Waals surface area (Å²) in [7, 11) is -3.69. The van der Waals surface area contributed by atoms with E-state index in [4.69, 9.17) is 5.11 Å². The molecule has 1 unspecified atom stereocenters. The molecule has 0 saturated heterocycles. The van der Waals surface area contributed by atoms with E-state index >= 15 is 0 Å². The fourth-order valence-electron chi connectivity index (χ4n) is 1.16. The SMILES string of the molecule is CC(c1ncc(C(=O)O)c(C(F)(F)F)n1)S(C)(=O)=O. The van der Waals surface area contributed by atoms with Crippen LogP contribution in [0.2, 0.25) is 0 Å². The second kappa shape index (κ2) is 4.76. The second-order valence-electron chi connectivity index (χ2n) is 3.77. The van der Waals surface area contributed by atoms with Gasteiger partial charge >= 0.3 is 12.1 Å². The van der Waals surface area contributed by atoms with Crippen LogP contribution in [0.15, 0.2) is 6.20 Å². The van der Waals surface area contributed by atoms with Gasteiger partial charge in [-0.25, -0.2) is 23.2 Å². The maximum atomic E-state index is 12.6. The number of carboxylic acids is 1. The van der Waals surface area contributed by atoms with E-state index in [1.807, 2.05) is 0 Å². The summed E-state index contributed by atoms with van der Waals surface area (Å²) in [6.45, 7) is 1.12. The van der Waals surface area contributed by atoms with Crippen molar-refractivity contribution in [2.24, 2.45) is 0 Å². The van der Waals surface area contributed by atoms with Crippen LogP contribution in [0.1, 0.15) is 34.0 Å². The Morgan fingerprint density at radius 1 is 1.42 bits per heavy atom. The van der Waals surface area contributed by atoms with Crippen LogP contribution in [0.4, 0.5) is 13.2 Å². The average molecular weight is 298 g/mol. The Hall–Kier alpha value is -1.71. The Kier molecular flexibility index (Phi) is 3.84. The van der Waals surface area contributed by atoms with Gasteiger partial charge in [0, 0.05) is 12.5 Å². The molecule has 106 valence electrons. The lowest BCUT2D eigenvalue weighted by Crippen LogP contribution is -2.20. The molecule has 1 aromatic rings. The number of alkyl halides is 3. The van der Waals surface area contributed by atoms with Gasteiger partial charge in [0.25, 0.3) is 0 Å². The lowest BCUT2D eigenvalue weighted by molar-refractivity contribution is -0.141. The summed E-state index contributed by atoms with van der Waals surface area (Å²) in [6.07, 6.45) is -3.74. The van der Waals surface area contributed by atoms with Gasteiger partial charge in [0.1, 0.15) is 16.6 Å². The van der Waals surface area contributed by atoms with Gasteiger partial charge in [-0.1, -0.05) is 0 Å². The van der Waals surface area contributed by atoms with Crippen molar-refractivity contribution in [1.82, 2.24) is 9.97 Å². The lowest BCUT2D eigenvalue weighted by Gasteiger charge is -2.13. The molecule has 1 rings (SSSR count). The first kappa shape index (κ1) is 15.3. The summed E-state index contributed by atoms with van der Waals surface area (Å²) in [6, 6.07) is 0. The van der Waals surface area contributed by atoms with Gasteiger partial charge in [0.15, 0.2) is 15.5 Å². The van der Waals surface area contributed by atoms with Crippen LogP contribution < -0.4 is 0 Å². The van der Waals surface area contributed by atoms with Gasteiger partial charge in [-0.2, -0.15) is 13.2 Å². The number of carboxylic acid groups (broad SMARTS) is 1. The summed E-state index contributed by atoms with van der Waals surface area (Å²) in [4.78, 5) is 17.1. The predicted molar refractivity (Wildman–Crippen MR) is 57.3 cm³/mol. The number of hydrogen-bond acceptors (Lipinski definition) is 5. The van der Waals surface area contributed by atoms with E-state index < -0.39 is 44.3 Å². The number of nitrogens with zero attached hydrogens (tertiary/aromatic N) is 2. The number of aromatic carboxylic acids is 1. The smallest absolute Gasteiger partial charge is 0.434 e. The largest absolute Gasteiger partial charge is 0.478 e. The molecule has 0 aliphatic carbocycles. The monoisotopic (exact) mass is 298 g/mol. The predicted octanol–water partition coefficient (Wildman–Crippen LogP) is 1.30. The van der Waals surface area contributed by atoms with Crippen molar-refractivity contribution in [2.45, 2.75) is 18.3 Å². The van der Waals surface area contributed by atoms with Crippen LogP contribution >= 0.6 is 0 Å². The Bertz CT molecular complexity index is 612. The van der Waals surface area contributed by atoms with Crippen molar-refractivity contribution in [1.29, 1.82) is 0 Å².